The Kier molecular flexibility index (Phi) is 5.62. The Morgan fingerprint density at radius 2 is 1.14 bits per heavy atom. The van der Waals surface area contributed by atoms with Crippen LogP contribution in [-0.2, 0) is 21.0 Å². The lowest BCUT2D eigenvalue weighted by molar-refractivity contribution is 0.239. The molecule has 0 radical (unpaired) electrons. The molecule has 4 heteroatoms. The van der Waals surface area contributed by atoms with Crippen LogP contribution in [0.2, 0.25) is 0 Å². The monoisotopic (exact) mass is 396 g/mol. The van der Waals surface area contributed by atoms with E-state index in [0.717, 1.165) is 17.9 Å². The minimum absolute atomic E-state index is 0.0198. The lowest BCUT2D eigenvalue weighted by Gasteiger charge is -2.32. The van der Waals surface area contributed by atoms with Crippen LogP contribution in [0.4, 0.5) is 0 Å². The van der Waals surface area contributed by atoms with Crippen LogP contribution in [-0.4, -0.2) is 22.3 Å². The van der Waals surface area contributed by atoms with Crippen molar-refractivity contribution in [3.63, 3.8) is 0 Å². The highest BCUT2D eigenvalue weighted by Crippen LogP contribution is 2.42. The molecule has 0 spiro atoms. The standard InChI is InChI=1S/C23H32O2.CH3O.Al/c1-14-9-16(20(24)18(11-14)22(3,4)5)13-17-10-15(2)12-19(21(17)25)23(6,7)8;1-2;/h9-12,24-25H,13H2,1-8H3;1H3;/q;-1;+3/p-2. The minimum Gasteiger partial charge on any atom is -0.588 e. The second-order valence-electron chi connectivity index (χ2n) is 10.0. The van der Waals surface area contributed by atoms with E-state index >= 15 is 0 Å². The van der Waals surface area contributed by atoms with Crippen LogP contribution in [0.5, 0.6) is 11.5 Å². The number of hydrogen-bond acceptors (Lipinski definition) is 3. The van der Waals surface area contributed by atoms with Crippen molar-refractivity contribution in [3.8, 4) is 11.5 Å². The topological polar surface area (TPSA) is 27.7 Å². The van der Waals surface area contributed by atoms with Crippen LogP contribution in [0.15, 0.2) is 24.3 Å². The third-order valence-electron chi connectivity index (χ3n) is 5.24. The third-order valence-corrected chi connectivity index (χ3v) is 6.48. The Balaban J connectivity index is 2.28. The van der Waals surface area contributed by atoms with E-state index in [2.05, 4.69) is 79.7 Å². The van der Waals surface area contributed by atoms with Gasteiger partial charge in [-0.2, -0.15) is 0 Å². The summed E-state index contributed by atoms with van der Waals surface area (Å²) >= 11 is -2.38. The summed E-state index contributed by atoms with van der Waals surface area (Å²) < 4.78 is 18.6. The zero-order valence-corrected chi connectivity index (χ0v) is 20.0. The van der Waals surface area contributed by atoms with Crippen molar-refractivity contribution in [3.05, 3.63) is 57.6 Å². The highest BCUT2D eigenvalue weighted by molar-refractivity contribution is 6.38. The Morgan fingerprint density at radius 3 is 1.46 bits per heavy atom. The number of hydrogen-bond donors (Lipinski definition) is 0. The fraction of sp³-hybridized carbons (Fsp3) is 0.500. The second kappa shape index (κ2) is 7.41. The molecule has 0 saturated carbocycles. The van der Waals surface area contributed by atoms with Crippen molar-refractivity contribution < 1.29 is 11.4 Å². The van der Waals surface area contributed by atoms with E-state index in [0.29, 0.717) is 0 Å². The molecule has 2 aromatic rings. The Morgan fingerprint density at radius 1 is 0.750 bits per heavy atom. The largest absolute Gasteiger partial charge is 1.10 e. The first kappa shape index (κ1) is 21.2. The molecule has 0 aromatic heterocycles. The molecule has 0 fully saturated rings. The second-order valence-corrected chi connectivity index (χ2v) is 11.6. The zero-order valence-electron chi connectivity index (χ0n) is 18.8. The summed E-state index contributed by atoms with van der Waals surface area (Å²) in [6.07, 6.45) is 0.797. The highest BCUT2D eigenvalue weighted by Gasteiger charge is 2.43. The summed E-state index contributed by atoms with van der Waals surface area (Å²) in [6, 6.07) is 8.97. The van der Waals surface area contributed by atoms with Crippen molar-refractivity contribution in [1.82, 2.24) is 0 Å². The molecule has 1 heterocycles. The van der Waals surface area contributed by atoms with E-state index in [9.17, 15) is 0 Å². The first-order valence-electron chi connectivity index (χ1n) is 10.0. The SMILES string of the molecule is C[O][Al]1[O]c2c(cc(C)cc2C(C)(C)C)Cc2cc(C)cc(C(C)(C)C)c2[O]1. The van der Waals surface area contributed by atoms with E-state index in [1.807, 2.05) is 0 Å². The van der Waals surface area contributed by atoms with Gasteiger partial charge in [-0.25, -0.2) is 0 Å². The summed E-state index contributed by atoms with van der Waals surface area (Å²) in [5, 5.41) is 0. The summed E-state index contributed by atoms with van der Waals surface area (Å²) in [5.74, 6) is 1.89. The van der Waals surface area contributed by atoms with Crippen LogP contribution >= 0.6 is 0 Å². The van der Waals surface area contributed by atoms with Gasteiger partial charge in [0, 0.05) is 13.5 Å². The third kappa shape index (κ3) is 4.25. The summed E-state index contributed by atoms with van der Waals surface area (Å²) in [4.78, 5) is 0. The molecule has 0 amide bonds. The number of aryl methyl sites for hydroxylation is 2. The van der Waals surface area contributed by atoms with Gasteiger partial charge in [0.1, 0.15) is 0 Å². The first-order valence-corrected chi connectivity index (χ1v) is 11.5. The normalized spacial score (nSPS) is 14.4. The van der Waals surface area contributed by atoms with Crippen LogP contribution in [0, 0.1) is 13.8 Å². The molecule has 150 valence electrons. The van der Waals surface area contributed by atoms with E-state index in [1.165, 1.54) is 33.4 Å². The molecule has 1 aliphatic rings. The Hall–Kier alpha value is -1.47. The molecule has 3 nitrogen and oxygen atoms in total. The van der Waals surface area contributed by atoms with Gasteiger partial charge in [-0.3, -0.25) is 0 Å². The van der Waals surface area contributed by atoms with Crippen LogP contribution < -0.4 is 7.58 Å². The van der Waals surface area contributed by atoms with Gasteiger partial charge in [0.25, 0.3) is 0 Å². The van der Waals surface area contributed by atoms with Gasteiger partial charge < -0.3 is 11.4 Å². The molecule has 3 rings (SSSR count). The van der Waals surface area contributed by atoms with E-state index < -0.39 is 15.1 Å². The quantitative estimate of drug-likeness (QED) is 0.563. The molecule has 0 unspecified atom stereocenters. The molecule has 0 atom stereocenters. The zero-order chi connectivity index (χ0) is 20.9. The van der Waals surface area contributed by atoms with Gasteiger partial charge in [-0.05, 0) is 46.9 Å². The molecule has 0 bridgehead atoms. The molecule has 0 saturated heterocycles. The lowest BCUT2D eigenvalue weighted by atomic mass is 9.81. The molecular weight excluding hydrogens is 363 g/mol. The molecule has 1 aliphatic heterocycles. The van der Waals surface area contributed by atoms with E-state index in [-0.39, 0.29) is 10.8 Å². The van der Waals surface area contributed by atoms with E-state index in [4.69, 9.17) is 11.4 Å². The van der Waals surface area contributed by atoms with Gasteiger partial charge in [-0.15, -0.1) is 0 Å². The van der Waals surface area contributed by atoms with Crippen molar-refractivity contribution in [2.75, 3.05) is 7.11 Å². The lowest BCUT2D eigenvalue weighted by Crippen LogP contribution is -2.36. The minimum atomic E-state index is -2.38. The highest BCUT2D eigenvalue weighted by atomic mass is 27.3. The van der Waals surface area contributed by atoms with Gasteiger partial charge in [0.05, 0.1) is 11.5 Å². The van der Waals surface area contributed by atoms with Crippen molar-refractivity contribution in [2.24, 2.45) is 0 Å². The maximum absolute atomic E-state index is 6.45. The van der Waals surface area contributed by atoms with Crippen molar-refractivity contribution >= 4 is 15.1 Å². The van der Waals surface area contributed by atoms with E-state index in [1.54, 1.807) is 7.11 Å². The number of benzene rings is 2. The molecule has 0 aliphatic carbocycles. The van der Waals surface area contributed by atoms with Crippen molar-refractivity contribution in [2.45, 2.75) is 72.6 Å². The first-order chi connectivity index (χ1) is 12.9. The predicted octanol–water partition coefficient (Wildman–Crippen LogP) is 5.89. The van der Waals surface area contributed by atoms with Gasteiger partial charge in [-0.1, -0.05) is 76.9 Å². The fourth-order valence-electron chi connectivity index (χ4n) is 3.87. The predicted molar refractivity (Wildman–Crippen MR) is 117 cm³/mol. The van der Waals surface area contributed by atoms with Crippen LogP contribution in [0.3, 0.4) is 0 Å². The van der Waals surface area contributed by atoms with Gasteiger partial charge in [0.15, 0.2) is 0 Å². The number of rotatable bonds is 1. The van der Waals surface area contributed by atoms with Crippen molar-refractivity contribution in [1.29, 1.82) is 0 Å². The average Bonchev–Trinajstić information content (AvgIpc) is 2.53. The van der Waals surface area contributed by atoms with Crippen LogP contribution in [0.1, 0.15) is 74.9 Å². The number of fused-ring (bicyclic) bond motifs is 2. The molecule has 0 N–H and O–H groups in total. The molecule has 28 heavy (non-hydrogen) atoms. The maximum atomic E-state index is 6.45. The average molecular weight is 397 g/mol. The van der Waals surface area contributed by atoms with Crippen LogP contribution in [0.25, 0.3) is 0 Å². The molecule has 2 aromatic carbocycles. The summed E-state index contributed by atoms with van der Waals surface area (Å²) in [6.45, 7) is 17.7. The molecular formula is C24H33AlO3. The van der Waals surface area contributed by atoms with Gasteiger partial charge in [0.2, 0.25) is 0 Å². The fourth-order valence-corrected chi connectivity index (χ4v) is 5.05. The maximum Gasteiger partial charge on any atom is 1.10 e. The smallest absolute Gasteiger partial charge is 0.588 e. The summed E-state index contributed by atoms with van der Waals surface area (Å²) in [5.41, 5.74) is 7.34. The Labute approximate surface area is 175 Å². The Bertz CT molecular complexity index is 817. The van der Waals surface area contributed by atoms with Gasteiger partial charge >= 0.3 is 15.1 Å². The summed E-state index contributed by atoms with van der Waals surface area (Å²) in [7, 11) is 1.69.